The van der Waals surface area contributed by atoms with Gasteiger partial charge in [-0.1, -0.05) is 31.5 Å². The number of nitrogens with two attached hydrogens (primary N) is 1. The quantitative estimate of drug-likeness (QED) is 0.671. The number of nitrogens with zero attached hydrogens (tertiary/aromatic N) is 2. The molecule has 3 aromatic rings. The van der Waals surface area contributed by atoms with Crippen LogP contribution in [0.15, 0.2) is 53.7 Å². The van der Waals surface area contributed by atoms with Crippen molar-refractivity contribution < 1.29 is 8.42 Å². The van der Waals surface area contributed by atoms with E-state index < -0.39 is 10.0 Å². The van der Waals surface area contributed by atoms with Crippen molar-refractivity contribution in [2.24, 2.45) is 0 Å². The molecule has 0 aliphatic carbocycles. The van der Waals surface area contributed by atoms with Gasteiger partial charge in [-0.2, -0.15) is 0 Å². The SMILES string of the molecule is CCCCNc1c(N)cnc2c1ccn2S(=O)(=O)c1ccccc1. The Hall–Kier alpha value is -2.54. The minimum atomic E-state index is -3.69. The highest BCUT2D eigenvalue weighted by Gasteiger charge is 2.21. The largest absolute Gasteiger partial charge is 0.396 e. The normalized spacial score (nSPS) is 11.7. The first-order valence-corrected chi connectivity index (χ1v) is 9.29. The summed E-state index contributed by atoms with van der Waals surface area (Å²) in [6.07, 6.45) is 5.08. The van der Waals surface area contributed by atoms with Crippen molar-refractivity contribution in [1.29, 1.82) is 0 Å². The Morgan fingerprint density at radius 2 is 1.96 bits per heavy atom. The second-order valence-corrected chi connectivity index (χ2v) is 7.35. The van der Waals surface area contributed by atoms with E-state index >= 15 is 0 Å². The maximum atomic E-state index is 12.8. The van der Waals surface area contributed by atoms with Crippen molar-refractivity contribution in [3.63, 3.8) is 0 Å². The van der Waals surface area contributed by atoms with Crippen LogP contribution in [0.25, 0.3) is 11.0 Å². The zero-order chi connectivity index (χ0) is 17.2. The zero-order valence-corrected chi connectivity index (χ0v) is 14.3. The topological polar surface area (TPSA) is 90.0 Å². The number of hydrogen-bond donors (Lipinski definition) is 2. The fraction of sp³-hybridized carbons (Fsp3) is 0.235. The van der Waals surface area contributed by atoms with Gasteiger partial charge >= 0.3 is 0 Å². The average Bonchev–Trinajstić information content (AvgIpc) is 3.03. The van der Waals surface area contributed by atoms with Gasteiger partial charge in [0.1, 0.15) is 0 Å². The van der Waals surface area contributed by atoms with Crippen LogP contribution in [0.3, 0.4) is 0 Å². The van der Waals surface area contributed by atoms with Gasteiger partial charge in [0.15, 0.2) is 5.65 Å². The molecule has 0 saturated heterocycles. The van der Waals surface area contributed by atoms with E-state index in [-0.39, 0.29) is 4.90 Å². The van der Waals surface area contributed by atoms with Crippen LogP contribution in [0.4, 0.5) is 11.4 Å². The summed E-state index contributed by atoms with van der Waals surface area (Å²) in [4.78, 5) is 4.46. The van der Waals surface area contributed by atoms with E-state index in [1.807, 2.05) is 0 Å². The summed E-state index contributed by atoms with van der Waals surface area (Å²) in [6.45, 7) is 2.88. The molecule has 0 bridgehead atoms. The van der Waals surface area contributed by atoms with E-state index in [1.165, 1.54) is 16.4 Å². The Bertz CT molecular complexity index is 949. The second kappa shape index (κ2) is 6.52. The molecule has 0 saturated carbocycles. The third kappa shape index (κ3) is 2.82. The number of benzene rings is 1. The molecule has 0 aliphatic heterocycles. The predicted octanol–water partition coefficient (Wildman–Crippen LogP) is 3.07. The molecule has 6 nitrogen and oxygen atoms in total. The number of hydrogen-bond acceptors (Lipinski definition) is 5. The van der Waals surface area contributed by atoms with Crippen LogP contribution in [0, 0.1) is 0 Å². The Balaban J connectivity index is 2.10. The molecule has 0 unspecified atom stereocenters. The molecule has 0 atom stereocenters. The highest BCUT2D eigenvalue weighted by Crippen LogP contribution is 2.30. The van der Waals surface area contributed by atoms with E-state index in [1.54, 1.807) is 36.4 Å². The van der Waals surface area contributed by atoms with E-state index in [0.717, 1.165) is 25.1 Å². The minimum Gasteiger partial charge on any atom is -0.396 e. The maximum Gasteiger partial charge on any atom is 0.269 e. The van der Waals surface area contributed by atoms with Gasteiger partial charge in [-0.15, -0.1) is 0 Å². The number of fused-ring (bicyclic) bond motifs is 1. The van der Waals surface area contributed by atoms with Gasteiger partial charge in [0.25, 0.3) is 10.0 Å². The van der Waals surface area contributed by atoms with E-state index in [0.29, 0.717) is 16.7 Å². The first kappa shape index (κ1) is 16.3. The Morgan fingerprint density at radius 1 is 1.21 bits per heavy atom. The lowest BCUT2D eigenvalue weighted by Crippen LogP contribution is -2.13. The number of nitrogen functional groups attached to an aromatic ring is 1. The van der Waals surface area contributed by atoms with E-state index in [9.17, 15) is 8.42 Å². The monoisotopic (exact) mass is 344 g/mol. The zero-order valence-electron chi connectivity index (χ0n) is 13.4. The molecule has 0 spiro atoms. The molecular weight excluding hydrogens is 324 g/mol. The summed E-state index contributed by atoms with van der Waals surface area (Å²) in [7, 11) is -3.69. The summed E-state index contributed by atoms with van der Waals surface area (Å²) < 4.78 is 26.9. The molecule has 2 heterocycles. The van der Waals surface area contributed by atoms with Gasteiger partial charge in [0, 0.05) is 18.1 Å². The summed E-state index contributed by atoms with van der Waals surface area (Å²) in [6, 6.07) is 10.0. The van der Waals surface area contributed by atoms with Crippen LogP contribution in [0.5, 0.6) is 0 Å². The van der Waals surface area contributed by atoms with Crippen LogP contribution in [0.2, 0.25) is 0 Å². The van der Waals surface area contributed by atoms with Crippen molar-refractivity contribution in [2.75, 3.05) is 17.6 Å². The van der Waals surface area contributed by atoms with Crippen LogP contribution >= 0.6 is 0 Å². The third-order valence-electron chi connectivity index (χ3n) is 3.84. The van der Waals surface area contributed by atoms with Crippen LogP contribution in [-0.4, -0.2) is 23.9 Å². The van der Waals surface area contributed by atoms with Crippen LogP contribution < -0.4 is 11.1 Å². The van der Waals surface area contributed by atoms with Crippen molar-refractivity contribution in [2.45, 2.75) is 24.7 Å². The Kier molecular flexibility index (Phi) is 4.44. The van der Waals surface area contributed by atoms with Gasteiger partial charge in [0.05, 0.1) is 22.5 Å². The molecule has 0 amide bonds. The fourth-order valence-electron chi connectivity index (χ4n) is 2.57. The smallest absolute Gasteiger partial charge is 0.269 e. The number of nitrogens with one attached hydrogen (secondary N) is 1. The predicted molar refractivity (Wildman–Crippen MR) is 96.6 cm³/mol. The van der Waals surface area contributed by atoms with Gasteiger partial charge in [-0.25, -0.2) is 17.4 Å². The fourth-order valence-corrected chi connectivity index (χ4v) is 3.89. The summed E-state index contributed by atoms with van der Waals surface area (Å²) in [5.74, 6) is 0. The minimum absolute atomic E-state index is 0.224. The maximum absolute atomic E-state index is 12.8. The lowest BCUT2D eigenvalue weighted by molar-refractivity contribution is 0.589. The van der Waals surface area contributed by atoms with Gasteiger partial charge < -0.3 is 11.1 Å². The number of anilines is 2. The molecule has 24 heavy (non-hydrogen) atoms. The Labute approximate surface area is 141 Å². The van der Waals surface area contributed by atoms with Gasteiger partial charge in [-0.05, 0) is 24.6 Å². The van der Waals surface area contributed by atoms with Crippen molar-refractivity contribution >= 4 is 32.4 Å². The molecule has 0 radical (unpaired) electrons. The molecule has 7 heteroatoms. The second-order valence-electron chi connectivity index (χ2n) is 5.54. The van der Waals surface area contributed by atoms with Gasteiger partial charge in [0.2, 0.25) is 0 Å². The van der Waals surface area contributed by atoms with Gasteiger partial charge in [-0.3, -0.25) is 0 Å². The standard InChI is InChI=1S/C17H20N4O2S/c1-2-3-10-19-16-14-9-11-21(17(14)20-12-15(16)18)24(22,23)13-7-5-4-6-8-13/h4-9,11-12H,2-3,10,18H2,1H3,(H,19,20). The highest BCUT2D eigenvalue weighted by molar-refractivity contribution is 7.90. The lowest BCUT2D eigenvalue weighted by Gasteiger charge is -2.11. The van der Waals surface area contributed by atoms with Crippen LogP contribution in [0.1, 0.15) is 19.8 Å². The van der Waals surface area contributed by atoms with Crippen molar-refractivity contribution in [1.82, 2.24) is 8.96 Å². The molecule has 0 aliphatic rings. The molecule has 2 aromatic heterocycles. The first-order valence-electron chi connectivity index (χ1n) is 7.85. The molecular formula is C17H20N4O2S. The van der Waals surface area contributed by atoms with Crippen LogP contribution in [-0.2, 0) is 10.0 Å². The summed E-state index contributed by atoms with van der Waals surface area (Å²) >= 11 is 0. The molecule has 3 rings (SSSR count). The molecule has 126 valence electrons. The molecule has 0 fully saturated rings. The Morgan fingerprint density at radius 3 is 2.67 bits per heavy atom. The number of rotatable bonds is 6. The lowest BCUT2D eigenvalue weighted by atomic mass is 10.2. The molecule has 3 N–H and O–H groups in total. The summed E-state index contributed by atoms with van der Waals surface area (Å²) in [5.41, 5.74) is 7.62. The number of unbranched alkanes of at least 4 members (excludes halogenated alkanes) is 1. The number of pyridine rings is 1. The van der Waals surface area contributed by atoms with Crippen molar-refractivity contribution in [3.8, 4) is 0 Å². The average molecular weight is 344 g/mol. The first-order chi connectivity index (χ1) is 11.6. The van der Waals surface area contributed by atoms with E-state index in [4.69, 9.17) is 5.73 Å². The number of aromatic nitrogens is 2. The highest BCUT2D eigenvalue weighted by atomic mass is 32.2. The summed E-state index contributed by atoms with van der Waals surface area (Å²) in [5, 5.41) is 3.99. The van der Waals surface area contributed by atoms with Crippen molar-refractivity contribution in [3.05, 3.63) is 48.8 Å². The van der Waals surface area contributed by atoms with E-state index in [2.05, 4.69) is 17.2 Å². The molecule has 1 aromatic carbocycles. The third-order valence-corrected chi connectivity index (χ3v) is 5.52.